The molecule has 3 unspecified atom stereocenters. The van der Waals surface area contributed by atoms with E-state index >= 15 is 0 Å². The number of benzene rings is 1. The number of likely N-dealkylation sites (tertiary alicyclic amines) is 1. The maximum absolute atomic E-state index is 12.8. The zero-order valence-corrected chi connectivity index (χ0v) is 16.9. The molecule has 2 aliphatic heterocycles. The number of ether oxygens (including phenoxy) is 1. The third-order valence-corrected chi connectivity index (χ3v) is 6.47. The van der Waals surface area contributed by atoms with Crippen LogP contribution in [0.2, 0.25) is 0 Å². The minimum absolute atomic E-state index is 0.180. The summed E-state index contributed by atoms with van der Waals surface area (Å²) in [6.45, 7) is 6.30. The SMILES string of the molecule is COc1ccc(N2C(=O)CC(SC(=S)N3CC(C)CC(C)C3)C2=O)cc1. The predicted octanol–water partition coefficient (Wildman–Crippen LogP) is 3.32. The number of hydrogen-bond acceptors (Lipinski definition) is 5. The molecule has 140 valence electrons. The number of thiocarbonyl (C=S) groups is 1. The Balaban J connectivity index is 1.67. The molecular weight excluding hydrogens is 368 g/mol. The van der Waals surface area contributed by atoms with Crippen LogP contribution in [0.1, 0.15) is 26.7 Å². The zero-order chi connectivity index (χ0) is 18.8. The summed E-state index contributed by atoms with van der Waals surface area (Å²) in [6.07, 6.45) is 1.39. The van der Waals surface area contributed by atoms with Crippen LogP contribution < -0.4 is 9.64 Å². The van der Waals surface area contributed by atoms with Crippen molar-refractivity contribution in [1.29, 1.82) is 0 Å². The Kier molecular flexibility index (Phi) is 5.87. The highest BCUT2D eigenvalue weighted by Crippen LogP contribution is 2.33. The number of imide groups is 1. The molecule has 2 heterocycles. The number of carbonyl (C=O) groups is 2. The Morgan fingerprint density at radius 2 is 1.77 bits per heavy atom. The molecule has 2 saturated heterocycles. The van der Waals surface area contributed by atoms with Crippen molar-refractivity contribution in [3.8, 4) is 5.75 Å². The average molecular weight is 393 g/mol. The minimum Gasteiger partial charge on any atom is -0.497 e. The minimum atomic E-state index is -0.440. The lowest BCUT2D eigenvalue weighted by Crippen LogP contribution is -2.41. The van der Waals surface area contributed by atoms with Crippen LogP contribution in [0.25, 0.3) is 0 Å². The molecular formula is C19H24N2O3S2. The van der Waals surface area contributed by atoms with Crippen LogP contribution >= 0.6 is 24.0 Å². The second-order valence-electron chi connectivity index (χ2n) is 7.19. The first-order valence-corrected chi connectivity index (χ1v) is 10.1. The van der Waals surface area contributed by atoms with E-state index < -0.39 is 5.25 Å². The lowest BCUT2D eigenvalue weighted by Gasteiger charge is -2.36. The Morgan fingerprint density at radius 3 is 2.35 bits per heavy atom. The second kappa shape index (κ2) is 7.96. The van der Waals surface area contributed by atoms with Gasteiger partial charge in [0.05, 0.1) is 12.8 Å². The number of piperidine rings is 1. The van der Waals surface area contributed by atoms with E-state index in [0.717, 1.165) is 17.4 Å². The zero-order valence-electron chi connectivity index (χ0n) is 15.3. The van der Waals surface area contributed by atoms with Crippen LogP contribution in [0, 0.1) is 11.8 Å². The first-order chi connectivity index (χ1) is 12.4. The predicted molar refractivity (Wildman–Crippen MR) is 109 cm³/mol. The van der Waals surface area contributed by atoms with E-state index in [4.69, 9.17) is 17.0 Å². The van der Waals surface area contributed by atoms with Crippen molar-refractivity contribution in [3.63, 3.8) is 0 Å². The summed E-state index contributed by atoms with van der Waals surface area (Å²) < 4.78 is 5.86. The number of thioether (sulfide) groups is 1. The second-order valence-corrected chi connectivity index (χ2v) is 9.03. The monoisotopic (exact) mass is 392 g/mol. The highest BCUT2D eigenvalue weighted by molar-refractivity contribution is 8.23. The van der Waals surface area contributed by atoms with Crippen molar-refractivity contribution in [2.24, 2.45) is 11.8 Å². The fourth-order valence-corrected chi connectivity index (χ4v) is 5.18. The lowest BCUT2D eigenvalue weighted by molar-refractivity contribution is -0.121. The summed E-state index contributed by atoms with van der Waals surface area (Å²) in [4.78, 5) is 28.7. The molecule has 3 atom stereocenters. The van der Waals surface area contributed by atoms with Gasteiger partial charge in [0.2, 0.25) is 11.8 Å². The maximum atomic E-state index is 12.8. The van der Waals surface area contributed by atoms with E-state index in [0.29, 0.717) is 23.3 Å². The van der Waals surface area contributed by atoms with Gasteiger partial charge in [0.15, 0.2) is 0 Å². The highest BCUT2D eigenvalue weighted by Gasteiger charge is 2.41. The number of nitrogens with zero attached hydrogens (tertiary/aromatic N) is 2. The molecule has 26 heavy (non-hydrogen) atoms. The van der Waals surface area contributed by atoms with E-state index in [-0.39, 0.29) is 18.2 Å². The standard InChI is InChI=1S/C19H24N2O3S2/c1-12-8-13(2)11-20(10-12)19(25)26-16-9-17(22)21(18(16)23)14-4-6-15(24-3)7-5-14/h4-7,12-13,16H,8-11H2,1-3H3. The molecule has 0 bridgehead atoms. The molecule has 5 nitrogen and oxygen atoms in total. The maximum Gasteiger partial charge on any atom is 0.247 e. The molecule has 2 aliphatic rings. The number of amides is 2. The van der Waals surface area contributed by atoms with E-state index in [1.54, 1.807) is 31.4 Å². The average Bonchev–Trinajstić information content (AvgIpc) is 2.88. The van der Waals surface area contributed by atoms with Crippen molar-refractivity contribution in [2.45, 2.75) is 31.9 Å². The van der Waals surface area contributed by atoms with Crippen LogP contribution in [0.5, 0.6) is 5.75 Å². The topological polar surface area (TPSA) is 49.9 Å². The number of carbonyl (C=O) groups excluding carboxylic acids is 2. The molecule has 7 heteroatoms. The number of hydrogen-bond donors (Lipinski definition) is 0. The molecule has 0 saturated carbocycles. The third-order valence-electron chi connectivity index (χ3n) is 4.81. The van der Waals surface area contributed by atoms with Gasteiger partial charge in [0.1, 0.15) is 15.3 Å². The molecule has 0 aromatic heterocycles. The number of anilines is 1. The van der Waals surface area contributed by atoms with E-state index in [1.807, 2.05) is 0 Å². The largest absolute Gasteiger partial charge is 0.497 e. The summed E-state index contributed by atoms with van der Waals surface area (Å²) in [6, 6.07) is 6.96. The molecule has 1 aromatic carbocycles. The van der Waals surface area contributed by atoms with E-state index in [2.05, 4.69) is 18.7 Å². The number of methoxy groups -OCH3 is 1. The fourth-order valence-electron chi connectivity index (χ4n) is 3.71. The van der Waals surface area contributed by atoms with Gasteiger partial charge in [-0.05, 0) is 42.5 Å². The third kappa shape index (κ3) is 4.04. The molecule has 3 rings (SSSR count). The van der Waals surface area contributed by atoms with Crippen molar-refractivity contribution in [1.82, 2.24) is 4.90 Å². The van der Waals surface area contributed by atoms with Crippen molar-refractivity contribution in [2.75, 3.05) is 25.1 Å². The van der Waals surface area contributed by atoms with Crippen LogP contribution in [0.3, 0.4) is 0 Å². The first-order valence-electron chi connectivity index (χ1n) is 8.85. The fraction of sp³-hybridized carbons (Fsp3) is 0.526. The van der Waals surface area contributed by atoms with Gasteiger partial charge < -0.3 is 9.64 Å². The van der Waals surface area contributed by atoms with Crippen molar-refractivity contribution < 1.29 is 14.3 Å². The Bertz CT molecular complexity index is 697. The molecule has 0 radical (unpaired) electrons. The normalized spacial score (nSPS) is 26.3. The summed E-state index contributed by atoms with van der Waals surface area (Å²) >= 11 is 6.94. The molecule has 1 aromatic rings. The summed E-state index contributed by atoms with van der Waals surface area (Å²) in [5.41, 5.74) is 0.579. The van der Waals surface area contributed by atoms with Gasteiger partial charge in [-0.2, -0.15) is 0 Å². The molecule has 2 fully saturated rings. The highest BCUT2D eigenvalue weighted by atomic mass is 32.2. The summed E-state index contributed by atoms with van der Waals surface area (Å²) in [7, 11) is 1.58. The van der Waals surface area contributed by atoms with Gasteiger partial charge in [0.25, 0.3) is 0 Å². The van der Waals surface area contributed by atoms with Crippen LogP contribution in [0.15, 0.2) is 24.3 Å². The van der Waals surface area contributed by atoms with Crippen molar-refractivity contribution >= 4 is 45.8 Å². The van der Waals surface area contributed by atoms with Gasteiger partial charge in [-0.1, -0.05) is 37.8 Å². The molecule has 0 N–H and O–H groups in total. The van der Waals surface area contributed by atoms with E-state index in [1.165, 1.54) is 23.1 Å². The van der Waals surface area contributed by atoms with Crippen LogP contribution in [-0.4, -0.2) is 46.5 Å². The van der Waals surface area contributed by atoms with E-state index in [9.17, 15) is 9.59 Å². The van der Waals surface area contributed by atoms with Gasteiger partial charge in [-0.3, -0.25) is 9.59 Å². The van der Waals surface area contributed by atoms with Gasteiger partial charge in [-0.15, -0.1) is 0 Å². The van der Waals surface area contributed by atoms with Gasteiger partial charge in [-0.25, -0.2) is 4.90 Å². The van der Waals surface area contributed by atoms with Crippen LogP contribution in [0.4, 0.5) is 5.69 Å². The lowest BCUT2D eigenvalue weighted by atomic mass is 9.92. The summed E-state index contributed by atoms with van der Waals surface area (Å²) in [5, 5.41) is -0.440. The Hall–Kier alpha value is -1.60. The quantitative estimate of drug-likeness (QED) is 0.581. The molecule has 2 amide bonds. The number of rotatable bonds is 3. The molecule has 0 aliphatic carbocycles. The first kappa shape index (κ1) is 19.2. The van der Waals surface area contributed by atoms with Gasteiger partial charge in [0, 0.05) is 19.5 Å². The van der Waals surface area contributed by atoms with Crippen molar-refractivity contribution in [3.05, 3.63) is 24.3 Å². The Labute approximate surface area is 164 Å². The smallest absolute Gasteiger partial charge is 0.247 e. The van der Waals surface area contributed by atoms with Crippen LogP contribution in [-0.2, 0) is 9.59 Å². The molecule has 0 spiro atoms. The summed E-state index contributed by atoms with van der Waals surface area (Å²) in [5.74, 6) is 1.50. The van der Waals surface area contributed by atoms with Gasteiger partial charge >= 0.3 is 0 Å². The Morgan fingerprint density at radius 1 is 1.15 bits per heavy atom.